The van der Waals surface area contributed by atoms with E-state index in [2.05, 4.69) is 25.1 Å². The van der Waals surface area contributed by atoms with Gasteiger partial charge in [0.05, 0.1) is 17.0 Å². The van der Waals surface area contributed by atoms with Crippen LogP contribution in [0.1, 0.15) is 25.7 Å². The largest absolute Gasteiger partial charge is 0.481 e. The number of carbonyl (C=O) groups is 1. The fourth-order valence-corrected chi connectivity index (χ4v) is 3.87. The number of rotatable bonds is 2. The number of hydrogen-bond acceptors (Lipinski definition) is 5. The molecule has 104 valence electrons. The van der Waals surface area contributed by atoms with E-state index < -0.39 is 11.4 Å². The van der Waals surface area contributed by atoms with Gasteiger partial charge in [-0.15, -0.1) is 0 Å². The lowest BCUT2D eigenvalue weighted by Crippen LogP contribution is -2.41. The molecule has 2 N–H and O–H groups in total. The van der Waals surface area contributed by atoms with E-state index in [1.807, 2.05) is 0 Å². The van der Waals surface area contributed by atoms with Gasteiger partial charge in [-0.2, -0.15) is 5.10 Å². The Morgan fingerprint density at radius 2 is 2.35 bits per heavy atom. The molecular weight excluding hydrogens is 258 g/mol. The molecular formula is C13H15N5O2. The van der Waals surface area contributed by atoms with E-state index in [0.29, 0.717) is 12.1 Å². The Kier molecular flexibility index (Phi) is 2.27. The Labute approximate surface area is 115 Å². The summed E-state index contributed by atoms with van der Waals surface area (Å²) >= 11 is 0. The second-order valence-electron chi connectivity index (χ2n) is 5.64. The second-order valence-corrected chi connectivity index (χ2v) is 5.64. The summed E-state index contributed by atoms with van der Waals surface area (Å²) < 4.78 is 0. The SMILES string of the molecule is O=C(O)[C@]12CCC[C@H]1N(c1ncnc3[nH]ncc13)CC2. The molecule has 1 aliphatic heterocycles. The molecule has 3 heterocycles. The predicted octanol–water partition coefficient (Wildman–Crippen LogP) is 1.19. The standard InChI is InChI=1S/C13H15N5O2/c19-12(20)13-3-1-2-9(13)18(5-4-13)11-8-6-16-17-10(8)14-7-15-11/h6-7,9H,1-5H2,(H,19,20)(H,14,15,16,17)/t9-,13+/m1/s1. The Morgan fingerprint density at radius 1 is 1.45 bits per heavy atom. The van der Waals surface area contributed by atoms with Crippen molar-refractivity contribution < 1.29 is 9.90 Å². The average molecular weight is 273 g/mol. The van der Waals surface area contributed by atoms with E-state index in [0.717, 1.165) is 37.0 Å². The van der Waals surface area contributed by atoms with Gasteiger partial charge in [-0.05, 0) is 19.3 Å². The molecule has 2 atom stereocenters. The summed E-state index contributed by atoms with van der Waals surface area (Å²) in [7, 11) is 0. The minimum Gasteiger partial charge on any atom is -0.481 e. The number of aromatic amines is 1. The van der Waals surface area contributed by atoms with E-state index >= 15 is 0 Å². The number of anilines is 1. The molecule has 0 spiro atoms. The zero-order chi connectivity index (χ0) is 13.7. The number of carboxylic acids is 1. The van der Waals surface area contributed by atoms with Gasteiger partial charge in [0.2, 0.25) is 0 Å². The number of nitrogens with one attached hydrogen (secondary N) is 1. The monoisotopic (exact) mass is 273 g/mol. The summed E-state index contributed by atoms with van der Waals surface area (Å²) in [6.07, 6.45) is 6.55. The van der Waals surface area contributed by atoms with Gasteiger partial charge in [0.25, 0.3) is 0 Å². The topological polar surface area (TPSA) is 95.0 Å². The van der Waals surface area contributed by atoms with Crippen LogP contribution in [-0.4, -0.2) is 43.8 Å². The fourth-order valence-electron chi connectivity index (χ4n) is 3.87. The van der Waals surface area contributed by atoms with Crippen LogP contribution < -0.4 is 4.90 Å². The fraction of sp³-hybridized carbons (Fsp3) is 0.538. The molecule has 0 radical (unpaired) electrons. The van der Waals surface area contributed by atoms with Crippen molar-refractivity contribution in [2.45, 2.75) is 31.7 Å². The molecule has 2 fully saturated rings. The predicted molar refractivity (Wildman–Crippen MR) is 71.4 cm³/mol. The minimum absolute atomic E-state index is 0.0352. The first-order valence-electron chi connectivity index (χ1n) is 6.86. The molecule has 4 rings (SSSR count). The van der Waals surface area contributed by atoms with E-state index in [1.165, 1.54) is 6.33 Å². The molecule has 0 amide bonds. The van der Waals surface area contributed by atoms with Crippen LogP contribution in [0.4, 0.5) is 5.82 Å². The normalized spacial score (nSPS) is 29.0. The lowest BCUT2D eigenvalue weighted by Gasteiger charge is -2.29. The van der Waals surface area contributed by atoms with Gasteiger partial charge in [-0.1, -0.05) is 6.42 Å². The van der Waals surface area contributed by atoms with Crippen LogP contribution in [0.3, 0.4) is 0 Å². The summed E-state index contributed by atoms with van der Waals surface area (Å²) in [6.45, 7) is 0.730. The maximum absolute atomic E-state index is 11.7. The molecule has 2 aromatic heterocycles. The average Bonchev–Trinajstić information content (AvgIpc) is 3.12. The van der Waals surface area contributed by atoms with Gasteiger partial charge >= 0.3 is 5.97 Å². The number of H-pyrrole nitrogens is 1. The van der Waals surface area contributed by atoms with Crippen molar-refractivity contribution >= 4 is 22.8 Å². The van der Waals surface area contributed by atoms with Crippen molar-refractivity contribution in [3.05, 3.63) is 12.5 Å². The van der Waals surface area contributed by atoms with Gasteiger partial charge in [-0.3, -0.25) is 9.89 Å². The molecule has 7 nitrogen and oxygen atoms in total. The van der Waals surface area contributed by atoms with Crippen LogP contribution in [0.5, 0.6) is 0 Å². The molecule has 0 aromatic carbocycles. The number of aliphatic carboxylic acids is 1. The third-order valence-electron chi connectivity index (χ3n) is 4.84. The Balaban J connectivity index is 1.81. The van der Waals surface area contributed by atoms with Crippen LogP contribution in [0.2, 0.25) is 0 Å². The number of aromatic nitrogens is 4. The highest BCUT2D eigenvalue weighted by Crippen LogP contribution is 2.50. The van der Waals surface area contributed by atoms with Crippen LogP contribution in [0.25, 0.3) is 11.0 Å². The van der Waals surface area contributed by atoms with Crippen molar-refractivity contribution in [1.29, 1.82) is 0 Å². The maximum Gasteiger partial charge on any atom is 0.311 e. The van der Waals surface area contributed by atoms with Crippen molar-refractivity contribution in [2.75, 3.05) is 11.4 Å². The van der Waals surface area contributed by atoms with E-state index in [9.17, 15) is 9.90 Å². The zero-order valence-electron chi connectivity index (χ0n) is 10.9. The number of fused-ring (bicyclic) bond motifs is 2. The van der Waals surface area contributed by atoms with Gasteiger partial charge in [-0.25, -0.2) is 9.97 Å². The second kappa shape index (κ2) is 3.91. The molecule has 0 bridgehead atoms. The maximum atomic E-state index is 11.7. The highest BCUT2D eigenvalue weighted by molar-refractivity contribution is 5.87. The van der Waals surface area contributed by atoms with Gasteiger partial charge < -0.3 is 10.0 Å². The molecule has 1 saturated carbocycles. The van der Waals surface area contributed by atoms with Gasteiger partial charge in [0.15, 0.2) is 5.65 Å². The first-order chi connectivity index (χ1) is 9.72. The third kappa shape index (κ3) is 1.35. The highest BCUT2D eigenvalue weighted by atomic mass is 16.4. The molecule has 2 aliphatic rings. The molecule has 20 heavy (non-hydrogen) atoms. The van der Waals surface area contributed by atoms with E-state index in [1.54, 1.807) is 6.20 Å². The highest BCUT2D eigenvalue weighted by Gasteiger charge is 2.56. The van der Waals surface area contributed by atoms with Gasteiger partial charge in [0, 0.05) is 12.6 Å². The summed E-state index contributed by atoms with van der Waals surface area (Å²) in [5.74, 6) is 0.138. The lowest BCUT2D eigenvalue weighted by atomic mass is 9.82. The zero-order valence-corrected chi connectivity index (χ0v) is 10.9. The summed E-state index contributed by atoms with van der Waals surface area (Å²) in [5.41, 5.74) is 0.0990. The van der Waals surface area contributed by atoms with E-state index in [4.69, 9.17) is 0 Å². The van der Waals surface area contributed by atoms with Crippen molar-refractivity contribution in [2.24, 2.45) is 5.41 Å². The molecule has 2 aromatic rings. The lowest BCUT2D eigenvalue weighted by molar-refractivity contribution is -0.148. The number of nitrogens with zero attached hydrogens (tertiary/aromatic N) is 4. The minimum atomic E-state index is -0.667. The van der Waals surface area contributed by atoms with Crippen molar-refractivity contribution in [3.63, 3.8) is 0 Å². The first-order valence-corrected chi connectivity index (χ1v) is 6.86. The van der Waals surface area contributed by atoms with Crippen molar-refractivity contribution in [3.8, 4) is 0 Å². The van der Waals surface area contributed by atoms with Crippen LogP contribution in [0, 0.1) is 5.41 Å². The molecule has 1 saturated heterocycles. The van der Waals surface area contributed by atoms with Crippen LogP contribution >= 0.6 is 0 Å². The Hall–Kier alpha value is -2.18. The van der Waals surface area contributed by atoms with Gasteiger partial charge in [0.1, 0.15) is 12.1 Å². The Bertz CT molecular complexity index is 684. The number of carboxylic acid groups (broad SMARTS) is 1. The molecule has 1 aliphatic carbocycles. The smallest absolute Gasteiger partial charge is 0.311 e. The van der Waals surface area contributed by atoms with Crippen LogP contribution in [-0.2, 0) is 4.79 Å². The summed E-state index contributed by atoms with van der Waals surface area (Å²) in [5, 5.41) is 17.3. The first kappa shape index (κ1) is 11.6. The Morgan fingerprint density at radius 3 is 3.20 bits per heavy atom. The molecule has 7 heteroatoms. The third-order valence-corrected chi connectivity index (χ3v) is 4.84. The van der Waals surface area contributed by atoms with Crippen LogP contribution in [0.15, 0.2) is 12.5 Å². The molecule has 0 unspecified atom stereocenters. The summed E-state index contributed by atoms with van der Waals surface area (Å²) in [4.78, 5) is 22.4. The number of hydrogen-bond donors (Lipinski definition) is 2. The summed E-state index contributed by atoms with van der Waals surface area (Å²) in [6, 6.07) is 0.0352. The van der Waals surface area contributed by atoms with Crippen molar-refractivity contribution in [1.82, 2.24) is 20.2 Å². The van der Waals surface area contributed by atoms with E-state index in [-0.39, 0.29) is 6.04 Å². The quantitative estimate of drug-likeness (QED) is 0.853.